The summed E-state index contributed by atoms with van der Waals surface area (Å²) in [6, 6.07) is 17.3. The number of benzene rings is 2. The maximum absolute atomic E-state index is 3.67. The predicted molar refractivity (Wildman–Crippen MR) is 164 cm³/mol. The van der Waals surface area contributed by atoms with E-state index in [0.717, 1.165) is 12.8 Å². The van der Waals surface area contributed by atoms with Crippen LogP contribution in [0.15, 0.2) is 59.3 Å². The Labute approximate surface area is 274 Å². The molecule has 4 heteroatoms. The minimum atomic E-state index is 0. The molecule has 0 amide bonds. The molecule has 0 saturated heterocycles. The fourth-order valence-electron chi connectivity index (χ4n) is 5.03. The first-order valence-corrected chi connectivity index (χ1v) is 16.3. The number of fused-ring (bicyclic) bond motifs is 3. The van der Waals surface area contributed by atoms with Crippen molar-refractivity contribution in [2.75, 3.05) is 0 Å². The van der Waals surface area contributed by atoms with Gasteiger partial charge in [-0.2, -0.15) is 52.8 Å². The van der Waals surface area contributed by atoms with Crippen LogP contribution in [-0.2, 0) is 41.5 Å². The van der Waals surface area contributed by atoms with Crippen LogP contribution in [0.3, 0.4) is 0 Å². The van der Waals surface area contributed by atoms with Gasteiger partial charge in [0.15, 0.2) is 0 Å². The van der Waals surface area contributed by atoms with Gasteiger partial charge < -0.3 is 24.8 Å². The van der Waals surface area contributed by atoms with Gasteiger partial charge in [0.25, 0.3) is 0 Å². The van der Waals surface area contributed by atoms with Crippen LogP contribution < -0.4 is 24.8 Å². The van der Waals surface area contributed by atoms with E-state index in [1.807, 2.05) is 0 Å². The van der Waals surface area contributed by atoms with Crippen LogP contribution in [0.4, 0.5) is 0 Å². The summed E-state index contributed by atoms with van der Waals surface area (Å²) in [5.41, 5.74) is 11.3. The Balaban J connectivity index is 0.000000245. The molecule has 0 radical (unpaired) electrons. The molecule has 0 N–H and O–H groups in total. The third-order valence-electron chi connectivity index (χ3n) is 7.45. The van der Waals surface area contributed by atoms with Crippen molar-refractivity contribution >= 4 is 20.1 Å². The molecule has 212 valence electrons. The molecule has 1 heterocycles. The van der Waals surface area contributed by atoms with E-state index < -0.39 is 0 Å². The zero-order valence-corrected chi connectivity index (χ0v) is 29.7. The van der Waals surface area contributed by atoms with E-state index in [1.165, 1.54) is 76.6 Å². The summed E-state index contributed by atoms with van der Waals surface area (Å²) < 4.78 is 1.80. The molecule has 0 nitrogen and oxygen atoms in total. The van der Waals surface area contributed by atoms with Crippen molar-refractivity contribution in [3.63, 3.8) is 0 Å². The van der Waals surface area contributed by atoms with E-state index in [0.29, 0.717) is 0 Å². The average molecular weight is 669 g/mol. The van der Waals surface area contributed by atoms with Crippen molar-refractivity contribution in [1.29, 1.82) is 0 Å². The van der Waals surface area contributed by atoms with E-state index in [1.54, 1.807) is 38.8 Å². The fourth-order valence-corrected chi connectivity index (χ4v) is 6.55. The second kappa shape index (κ2) is 15.4. The molecule has 40 heavy (non-hydrogen) atoms. The first-order valence-electron chi connectivity index (χ1n) is 14.1. The van der Waals surface area contributed by atoms with Crippen molar-refractivity contribution in [2.24, 2.45) is 0 Å². The number of allylic oxidation sites excluding steroid dienone is 4. The molecular formula is C36H42Cl2SZr-2. The first kappa shape index (κ1) is 35.2. The molecule has 1 saturated carbocycles. The third-order valence-corrected chi connectivity index (χ3v) is 9.36. The van der Waals surface area contributed by atoms with Crippen LogP contribution in [0.1, 0.15) is 108 Å². The topological polar surface area (TPSA) is 0 Å². The average Bonchev–Trinajstić information content (AvgIpc) is 3.64. The maximum atomic E-state index is 3.67. The van der Waals surface area contributed by atoms with Gasteiger partial charge in [-0.05, 0) is 33.8 Å². The second-order valence-corrected chi connectivity index (χ2v) is 15.2. The Bertz CT molecular complexity index is 1250. The van der Waals surface area contributed by atoms with Crippen molar-refractivity contribution in [3.8, 4) is 11.1 Å². The summed E-state index contributed by atoms with van der Waals surface area (Å²) >= 11 is 3.42. The molecule has 1 aromatic heterocycles. The van der Waals surface area contributed by atoms with Crippen LogP contribution in [0.5, 0.6) is 0 Å². The number of hydrogen-bond acceptors (Lipinski definition) is 1. The summed E-state index contributed by atoms with van der Waals surface area (Å²) in [6.07, 6.45) is 16.8. The van der Waals surface area contributed by atoms with Gasteiger partial charge >= 0.3 is 59.5 Å². The van der Waals surface area contributed by atoms with Crippen molar-refractivity contribution in [3.05, 3.63) is 99.3 Å². The molecule has 1 fully saturated rings. The Morgan fingerprint density at radius 3 is 2.05 bits per heavy atom. The number of thiophene rings is 1. The van der Waals surface area contributed by atoms with Crippen LogP contribution >= 0.6 is 11.3 Å². The van der Waals surface area contributed by atoms with Gasteiger partial charge in [-0.3, -0.25) is 0 Å². The third kappa shape index (κ3) is 9.49. The molecule has 6 rings (SSSR count). The predicted octanol–water partition coefficient (Wildman–Crippen LogP) is 4.23. The molecule has 3 aliphatic rings. The molecular weight excluding hydrogens is 627 g/mol. The molecule has 0 spiro atoms. The SMILES string of the molecule is CC(C)(C)c1[c-]c2c(cc1)-c1ccc(C(C)(C)C)cc1C2.[C-]1=C(c2ccsc2)C=CC1.[Cl-].[Cl-].[Zr+2]=[C]1CCCCC1. The van der Waals surface area contributed by atoms with Crippen molar-refractivity contribution in [1.82, 2.24) is 0 Å². The van der Waals surface area contributed by atoms with Gasteiger partial charge in [-0.1, -0.05) is 83.2 Å². The minimum absolute atomic E-state index is 0. The molecule has 0 bridgehead atoms. The molecule has 3 aliphatic carbocycles. The summed E-state index contributed by atoms with van der Waals surface area (Å²) in [7, 11) is 0. The zero-order valence-electron chi connectivity index (χ0n) is 24.9. The molecule has 3 aromatic rings. The van der Waals surface area contributed by atoms with E-state index in [9.17, 15) is 0 Å². The molecule has 0 atom stereocenters. The molecule has 0 aliphatic heterocycles. The van der Waals surface area contributed by atoms with Gasteiger partial charge in [0, 0.05) is 0 Å². The van der Waals surface area contributed by atoms with Crippen molar-refractivity contribution in [2.45, 2.75) is 97.3 Å². The monoisotopic (exact) mass is 666 g/mol. The van der Waals surface area contributed by atoms with Crippen molar-refractivity contribution < 1.29 is 49.0 Å². The van der Waals surface area contributed by atoms with E-state index in [2.05, 4.69) is 113 Å². The van der Waals surface area contributed by atoms with Crippen LogP contribution in [0, 0.1) is 12.1 Å². The standard InChI is InChI=1S/C21H25.C9H7S.C6H10.2ClH.Zr/c1-20(2,3)16-7-9-18-14(12-16)11-15-13-17(21(4,5)6)8-10-19(15)18;1-2-4-8(3-1)9-5-6-10-7-9;1-2-4-6-5-3-1;;;/h7-10,12H,11H2,1-6H3;1,3,5-7H,2H2;1-5H2;2*1H;/q2*-1;;;;+2/p-2. The molecule has 0 unspecified atom stereocenters. The summed E-state index contributed by atoms with van der Waals surface area (Å²) in [5.74, 6) is 0. The van der Waals surface area contributed by atoms with E-state index in [4.69, 9.17) is 0 Å². The van der Waals surface area contributed by atoms with Gasteiger partial charge in [-0.25, -0.2) is 0 Å². The Hall–Kier alpha value is -1.05. The zero-order chi connectivity index (χ0) is 27.3. The Morgan fingerprint density at radius 1 is 0.825 bits per heavy atom. The normalized spacial score (nSPS) is 15.3. The van der Waals surface area contributed by atoms with Gasteiger partial charge in [-0.15, -0.1) is 22.8 Å². The summed E-state index contributed by atoms with van der Waals surface area (Å²) in [5, 5.41) is 4.24. The fraction of sp³-hybridized carbons (Fsp3) is 0.417. The number of rotatable bonds is 1. The van der Waals surface area contributed by atoms with Crippen LogP contribution in [0.2, 0.25) is 0 Å². The second-order valence-electron chi connectivity index (χ2n) is 12.7. The van der Waals surface area contributed by atoms with Gasteiger partial charge in [0.2, 0.25) is 0 Å². The van der Waals surface area contributed by atoms with E-state index in [-0.39, 0.29) is 35.6 Å². The summed E-state index contributed by atoms with van der Waals surface area (Å²) in [4.78, 5) is 0. The van der Waals surface area contributed by atoms with Crippen LogP contribution in [0.25, 0.3) is 16.7 Å². The Morgan fingerprint density at radius 2 is 1.52 bits per heavy atom. The summed E-state index contributed by atoms with van der Waals surface area (Å²) in [6.45, 7) is 13.6. The van der Waals surface area contributed by atoms with E-state index >= 15 is 0 Å². The molecule has 2 aromatic carbocycles. The Kier molecular flexibility index (Phi) is 13.6. The number of halogens is 2. The van der Waals surface area contributed by atoms with Gasteiger partial charge in [0.1, 0.15) is 0 Å². The first-order chi connectivity index (χ1) is 18.0. The quantitative estimate of drug-likeness (QED) is 0.267. The van der Waals surface area contributed by atoms with Gasteiger partial charge in [0.05, 0.1) is 0 Å². The van der Waals surface area contributed by atoms with Crippen LogP contribution in [-0.4, -0.2) is 3.21 Å². The number of hydrogen-bond donors (Lipinski definition) is 0.